The summed E-state index contributed by atoms with van der Waals surface area (Å²) in [4.78, 5) is 36.6. The van der Waals surface area contributed by atoms with Crippen molar-refractivity contribution < 1.29 is 23.9 Å². The van der Waals surface area contributed by atoms with Gasteiger partial charge in [-0.05, 0) is 64.3 Å². The zero-order chi connectivity index (χ0) is 23.6. The number of rotatable bonds is 9. The summed E-state index contributed by atoms with van der Waals surface area (Å²) in [5.74, 6) is 0.306. The Morgan fingerprint density at radius 2 is 1.65 bits per heavy atom. The maximum absolute atomic E-state index is 12.5. The Bertz CT molecular complexity index is 766. The fourth-order valence-electron chi connectivity index (χ4n) is 2.61. The molecular formula is C23H35N3O5. The van der Waals surface area contributed by atoms with Crippen molar-refractivity contribution in [2.45, 2.75) is 65.6 Å². The van der Waals surface area contributed by atoms with E-state index in [-0.39, 0.29) is 23.8 Å². The van der Waals surface area contributed by atoms with Gasteiger partial charge in [0.2, 0.25) is 11.8 Å². The summed E-state index contributed by atoms with van der Waals surface area (Å²) in [6, 6.07) is 5.83. The third-order valence-corrected chi connectivity index (χ3v) is 4.02. The molecule has 0 saturated carbocycles. The standard InChI is InChI=1S/C23H35N3O5/c1-15(2)14-18(26-21(28)16(3)24-22(29)31-23(4,5)6)10-13-20(27)25-17-8-11-19(30-7)12-9-17/h8-13,15-16,18H,14H2,1-7H3,(H,24,29)(H,25,27)(H,26,28). The van der Waals surface area contributed by atoms with E-state index in [4.69, 9.17) is 9.47 Å². The highest BCUT2D eigenvalue weighted by Crippen LogP contribution is 2.15. The first-order valence-corrected chi connectivity index (χ1v) is 10.3. The minimum atomic E-state index is -0.786. The number of ether oxygens (including phenoxy) is 2. The molecule has 0 saturated heterocycles. The van der Waals surface area contributed by atoms with Crippen LogP contribution >= 0.6 is 0 Å². The minimum Gasteiger partial charge on any atom is -0.497 e. The second-order valence-corrected chi connectivity index (χ2v) is 8.69. The van der Waals surface area contributed by atoms with E-state index in [2.05, 4.69) is 16.0 Å². The van der Waals surface area contributed by atoms with Gasteiger partial charge in [-0.2, -0.15) is 0 Å². The Labute approximate surface area is 184 Å². The summed E-state index contributed by atoms with van der Waals surface area (Å²) in [6.45, 7) is 10.9. The van der Waals surface area contributed by atoms with Crippen LogP contribution in [0, 0.1) is 5.92 Å². The lowest BCUT2D eigenvalue weighted by molar-refractivity contribution is -0.123. The van der Waals surface area contributed by atoms with E-state index < -0.39 is 17.7 Å². The molecule has 0 aliphatic carbocycles. The van der Waals surface area contributed by atoms with E-state index in [1.54, 1.807) is 65.1 Å². The van der Waals surface area contributed by atoms with Gasteiger partial charge in [0.25, 0.3) is 0 Å². The van der Waals surface area contributed by atoms with Gasteiger partial charge in [0.05, 0.1) is 7.11 Å². The first-order valence-electron chi connectivity index (χ1n) is 10.3. The minimum absolute atomic E-state index is 0.286. The van der Waals surface area contributed by atoms with Crippen LogP contribution in [0.2, 0.25) is 0 Å². The van der Waals surface area contributed by atoms with E-state index >= 15 is 0 Å². The molecule has 1 aromatic carbocycles. The maximum atomic E-state index is 12.5. The van der Waals surface area contributed by atoms with Crippen LogP contribution in [-0.2, 0) is 14.3 Å². The second kappa shape index (κ2) is 12.0. The van der Waals surface area contributed by atoms with E-state index in [9.17, 15) is 14.4 Å². The van der Waals surface area contributed by atoms with Gasteiger partial charge in [-0.1, -0.05) is 19.9 Å². The second-order valence-electron chi connectivity index (χ2n) is 8.69. The fourth-order valence-corrected chi connectivity index (χ4v) is 2.61. The highest BCUT2D eigenvalue weighted by molar-refractivity contribution is 5.99. The zero-order valence-electron chi connectivity index (χ0n) is 19.4. The predicted octanol–water partition coefficient (Wildman–Crippen LogP) is 3.63. The third-order valence-electron chi connectivity index (χ3n) is 4.02. The largest absolute Gasteiger partial charge is 0.497 e. The van der Waals surface area contributed by atoms with Crippen molar-refractivity contribution in [1.29, 1.82) is 0 Å². The molecule has 0 aromatic heterocycles. The molecule has 3 N–H and O–H groups in total. The highest BCUT2D eigenvalue weighted by atomic mass is 16.6. The van der Waals surface area contributed by atoms with Crippen molar-refractivity contribution in [1.82, 2.24) is 10.6 Å². The van der Waals surface area contributed by atoms with Crippen LogP contribution in [0.3, 0.4) is 0 Å². The summed E-state index contributed by atoms with van der Waals surface area (Å²) in [5, 5.41) is 8.13. The van der Waals surface area contributed by atoms with Gasteiger partial charge in [0.15, 0.2) is 0 Å². The Morgan fingerprint density at radius 3 is 2.16 bits per heavy atom. The lowest BCUT2D eigenvalue weighted by Gasteiger charge is -2.23. The summed E-state index contributed by atoms with van der Waals surface area (Å²) in [5.41, 5.74) is -0.0180. The van der Waals surface area contributed by atoms with Crippen LogP contribution in [0.5, 0.6) is 5.75 Å². The van der Waals surface area contributed by atoms with Gasteiger partial charge < -0.3 is 25.4 Å². The molecule has 0 fully saturated rings. The molecule has 31 heavy (non-hydrogen) atoms. The van der Waals surface area contributed by atoms with E-state index in [0.29, 0.717) is 17.9 Å². The average molecular weight is 434 g/mol. The lowest BCUT2D eigenvalue weighted by Crippen LogP contribution is -2.49. The first kappa shape index (κ1) is 26.0. The molecule has 2 atom stereocenters. The Balaban J connectivity index is 2.68. The van der Waals surface area contributed by atoms with Crippen LogP contribution < -0.4 is 20.7 Å². The summed E-state index contributed by atoms with van der Waals surface area (Å²) in [6.07, 6.45) is 3.02. The topological polar surface area (TPSA) is 106 Å². The molecule has 1 rings (SSSR count). The molecule has 172 valence electrons. The Kier molecular flexibility index (Phi) is 10.0. The maximum Gasteiger partial charge on any atom is 0.408 e. The molecule has 2 unspecified atom stereocenters. The molecule has 0 heterocycles. The molecule has 1 aromatic rings. The van der Waals surface area contributed by atoms with Crippen LogP contribution in [0.1, 0.15) is 48.0 Å². The predicted molar refractivity (Wildman–Crippen MR) is 121 cm³/mol. The number of anilines is 1. The number of amides is 3. The molecule has 8 heteroatoms. The van der Waals surface area contributed by atoms with E-state index in [1.807, 2.05) is 13.8 Å². The Hall–Kier alpha value is -3.03. The highest BCUT2D eigenvalue weighted by Gasteiger charge is 2.22. The zero-order valence-corrected chi connectivity index (χ0v) is 19.4. The average Bonchev–Trinajstić information content (AvgIpc) is 2.64. The van der Waals surface area contributed by atoms with E-state index in [0.717, 1.165) is 0 Å². The van der Waals surface area contributed by atoms with Crippen LogP contribution in [-0.4, -0.2) is 42.7 Å². The summed E-state index contributed by atoms with van der Waals surface area (Å²) in [7, 11) is 1.57. The van der Waals surface area contributed by atoms with Crippen LogP contribution in [0.25, 0.3) is 0 Å². The third kappa shape index (κ3) is 11.1. The number of methoxy groups -OCH3 is 1. The van der Waals surface area contributed by atoms with Crippen molar-refractivity contribution in [2.24, 2.45) is 5.92 Å². The number of alkyl carbamates (subject to hydrolysis) is 1. The van der Waals surface area contributed by atoms with E-state index in [1.165, 1.54) is 6.08 Å². The van der Waals surface area contributed by atoms with Gasteiger partial charge in [-0.25, -0.2) is 4.79 Å². The Morgan fingerprint density at radius 1 is 1.03 bits per heavy atom. The molecule has 0 aliphatic heterocycles. The molecule has 3 amide bonds. The molecule has 8 nitrogen and oxygen atoms in total. The number of carbonyl (C=O) groups excluding carboxylic acids is 3. The molecule has 0 radical (unpaired) electrons. The summed E-state index contributed by atoms with van der Waals surface area (Å²) >= 11 is 0. The van der Waals surface area contributed by atoms with Gasteiger partial charge in [-0.3, -0.25) is 9.59 Å². The van der Waals surface area contributed by atoms with Crippen molar-refractivity contribution in [3.63, 3.8) is 0 Å². The van der Waals surface area contributed by atoms with Crippen molar-refractivity contribution >= 4 is 23.6 Å². The first-order chi connectivity index (χ1) is 14.4. The van der Waals surface area contributed by atoms with Gasteiger partial charge >= 0.3 is 6.09 Å². The number of hydrogen-bond acceptors (Lipinski definition) is 5. The van der Waals surface area contributed by atoms with Crippen molar-refractivity contribution in [3.05, 3.63) is 36.4 Å². The number of nitrogens with one attached hydrogen (secondary N) is 3. The van der Waals surface area contributed by atoms with Crippen molar-refractivity contribution in [2.75, 3.05) is 12.4 Å². The number of hydrogen-bond donors (Lipinski definition) is 3. The fraction of sp³-hybridized carbons (Fsp3) is 0.522. The normalized spacial score (nSPS) is 13.4. The van der Waals surface area contributed by atoms with Crippen molar-refractivity contribution in [3.8, 4) is 5.75 Å². The van der Waals surface area contributed by atoms with Gasteiger partial charge in [0, 0.05) is 17.8 Å². The van der Waals surface area contributed by atoms with Gasteiger partial charge in [-0.15, -0.1) is 0 Å². The molecule has 0 aliphatic rings. The van der Waals surface area contributed by atoms with Gasteiger partial charge in [0.1, 0.15) is 17.4 Å². The number of carbonyl (C=O) groups is 3. The molecule has 0 bridgehead atoms. The molecular weight excluding hydrogens is 398 g/mol. The molecule has 0 spiro atoms. The van der Waals surface area contributed by atoms with Crippen LogP contribution in [0.15, 0.2) is 36.4 Å². The summed E-state index contributed by atoms with van der Waals surface area (Å²) < 4.78 is 10.3. The quantitative estimate of drug-likeness (QED) is 0.516. The smallest absolute Gasteiger partial charge is 0.408 e. The number of benzene rings is 1. The monoisotopic (exact) mass is 433 g/mol. The lowest BCUT2D eigenvalue weighted by atomic mass is 10.0. The SMILES string of the molecule is COc1ccc(NC(=O)C=CC(CC(C)C)NC(=O)C(C)NC(=O)OC(C)(C)C)cc1. The van der Waals surface area contributed by atoms with Crippen LogP contribution in [0.4, 0.5) is 10.5 Å².